The van der Waals surface area contributed by atoms with Gasteiger partial charge in [-0.3, -0.25) is 0 Å². The highest BCUT2D eigenvalue weighted by atomic mass is 19.1. The molecule has 0 spiro atoms. The van der Waals surface area contributed by atoms with Crippen LogP contribution in [-0.4, -0.2) is 31.1 Å². The fourth-order valence-electron chi connectivity index (χ4n) is 2.31. The number of hydrogen-bond acceptors (Lipinski definition) is 2. The Morgan fingerprint density at radius 2 is 2.00 bits per heavy atom. The van der Waals surface area contributed by atoms with Crippen LogP contribution >= 0.6 is 0 Å². The third-order valence-corrected chi connectivity index (χ3v) is 3.71. The van der Waals surface area contributed by atoms with Crippen molar-refractivity contribution in [1.29, 1.82) is 0 Å². The van der Waals surface area contributed by atoms with Crippen LogP contribution < -0.4 is 5.32 Å². The molecule has 100 valence electrons. The summed E-state index contributed by atoms with van der Waals surface area (Å²) in [6.45, 7) is 4.23. The first-order chi connectivity index (χ1) is 8.70. The summed E-state index contributed by atoms with van der Waals surface area (Å²) in [5, 5.41) is 3.55. The van der Waals surface area contributed by atoms with Gasteiger partial charge in [0.2, 0.25) is 0 Å². The monoisotopic (exact) mass is 250 g/mol. The number of likely N-dealkylation sites (N-methyl/N-ethyl adjacent to an activating group) is 1. The van der Waals surface area contributed by atoms with E-state index in [2.05, 4.69) is 24.2 Å². The number of nitrogens with zero attached hydrogens (tertiary/aromatic N) is 1. The lowest BCUT2D eigenvalue weighted by atomic mass is 10.0. The van der Waals surface area contributed by atoms with Crippen molar-refractivity contribution in [2.75, 3.05) is 20.1 Å². The highest BCUT2D eigenvalue weighted by Gasteiger charge is 2.25. The lowest BCUT2D eigenvalue weighted by Gasteiger charge is -2.21. The predicted molar refractivity (Wildman–Crippen MR) is 73.1 cm³/mol. The molecule has 2 nitrogen and oxygen atoms in total. The van der Waals surface area contributed by atoms with Crippen LogP contribution in [0.1, 0.15) is 37.8 Å². The van der Waals surface area contributed by atoms with Crippen molar-refractivity contribution in [3.05, 3.63) is 35.6 Å². The SMILES string of the molecule is CCC(NCCN(C)C1CC1)c1ccc(F)cc1. The van der Waals surface area contributed by atoms with Gasteiger partial charge in [-0.15, -0.1) is 0 Å². The Morgan fingerprint density at radius 1 is 1.33 bits per heavy atom. The van der Waals surface area contributed by atoms with Gasteiger partial charge >= 0.3 is 0 Å². The molecule has 0 radical (unpaired) electrons. The van der Waals surface area contributed by atoms with Crippen molar-refractivity contribution < 1.29 is 4.39 Å². The lowest BCUT2D eigenvalue weighted by Crippen LogP contribution is -2.32. The Morgan fingerprint density at radius 3 is 2.56 bits per heavy atom. The summed E-state index contributed by atoms with van der Waals surface area (Å²) in [4.78, 5) is 2.42. The molecule has 1 unspecified atom stereocenters. The van der Waals surface area contributed by atoms with Crippen LogP contribution in [0.3, 0.4) is 0 Å². The summed E-state index contributed by atoms with van der Waals surface area (Å²) < 4.78 is 12.9. The van der Waals surface area contributed by atoms with Crippen LogP contribution in [0.2, 0.25) is 0 Å². The molecule has 18 heavy (non-hydrogen) atoms. The maximum Gasteiger partial charge on any atom is 0.123 e. The zero-order valence-corrected chi connectivity index (χ0v) is 11.3. The van der Waals surface area contributed by atoms with Gasteiger partial charge in [0, 0.05) is 25.2 Å². The minimum absolute atomic E-state index is 0.165. The minimum Gasteiger partial charge on any atom is -0.309 e. The van der Waals surface area contributed by atoms with E-state index in [1.165, 1.54) is 30.5 Å². The predicted octanol–water partition coefficient (Wildman–Crippen LogP) is 2.96. The van der Waals surface area contributed by atoms with Crippen LogP contribution in [0, 0.1) is 5.82 Å². The Bertz CT molecular complexity index is 359. The molecule has 3 heteroatoms. The molecule has 0 saturated heterocycles. The molecule has 1 fully saturated rings. The van der Waals surface area contributed by atoms with Crippen LogP contribution in [0.25, 0.3) is 0 Å². The number of benzene rings is 1. The number of rotatable bonds is 7. The van der Waals surface area contributed by atoms with Gasteiger partial charge in [-0.05, 0) is 44.0 Å². The molecule has 0 aliphatic heterocycles. The molecule has 1 saturated carbocycles. The maximum atomic E-state index is 12.9. The van der Waals surface area contributed by atoms with Crippen molar-refractivity contribution in [2.24, 2.45) is 0 Å². The Balaban J connectivity index is 1.79. The molecule has 0 heterocycles. The van der Waals surface area contributed by atoms with Crippen molar-refractivity contribution in [3.8, 4) is 0 Å². The van der Waals surface area contributed by atoms with E-state index in [9.17, 15) is 4.39 Å². The first-order valence-corrected chi connectivity index (χ1v) is 6.89. The van der Waals surface area contributed by atoms with Gasteiger partial charge in [0.05, 0.1) is 0 Å². The average Bonchev–Trinajstić information content (AvgIpc) is 3.20. The van der Waals surface area contributed by atoms with E-state index >= 15 is 0 Å². The lowest BCUT2D eigenvalue weighted by molar-refractivity contribution is 0.313. The zero-order valence-electron chi connectivity index (χ0n) is 11.3. The average molecular weight is 250 g/mol. The van der Waals surface area contributed by atoms with Gasteiger partial charge in [0.1, 0.15) is 5.82 Å². The first kappa shape index (κ1) is 13.5. The van der Waals surface area contributed by atoms with Crippen molar-refractivity contribution in [2.45, 2.75) is 38.3 Å². The zero-order chi connectivity index (χ0) is 13.0. The standard InChI is InChI=1S/C15H23FN2/c1-3-15(12-4-6-13(16)7-5-12)17-10-11-18(2)14-8-9-14/h4-7,14-15,17H,3,8-11H2,1-2H3. The molecule has 0 aromatic heterocycles. The first-order valence-electron chi connectivity index (χ1n) is 6.89. The summed E-state index contributed by atoms with van der Waals surface area (Å²) in [7, 11) is 2.19. The molecular weight excluding hydrogens is 227 g/mol. The number of nitrogens with one attached hydrogen (secondary N) is 1. The largest absolute Gasteiger partial charge is 0.309 e. The topological polar surface area (TPSA) is 15.3 Å². The molecule has 1 aromatic carbocycles. The van der Waals surface area contributed by atoms with E-state index < -0.39 is 0 Å². The van der Waals surface area contributed by atoms with E-state index in [0.29, 0.717) is 6.04 Å². The molecule has 0 amide bonds. The van der Waals surface area contributed by atoms with Gasteiger partial charge in [-0.2, -0.15) is 0 Å². The highest BCUT2D eigenvalue weighted by molar-refractivity contribution is 5.19. The summed E-state index contributed by atoms with van der Waals surface area (Å²) >= 11 is 0. The number of hydrogen-bond donors (Lipinski definition) is 1. The van der Waals surface area contributed by atoms with Gasteiger partial charge in [0.15, 0.2) is 0 Å². The van der Waals surface area contributed by atoms with Gasteiger partial charge in [0.25, 0.3) is 0 Å². The van der Waals surface area contributed by atoms with E-state index in [1.54, 1.807) is 0 Å². The van der Waals surface area contributed by atoms with E-state index in [1.807, 2.05) is 12.1 Å². The molecule has 1 aliphatic carbocycles. The molecule has 1 aromatic rings. The Labute approximate surface area is 109 Å². The van der Waals surface area contributed by atoms with E-state index in [-0.39, 0.29) is 5.82 Å². The summed E-state index contributed by atoms with van der Waals surface area (Å²) in [5.74, 6) is -0.165. The minimum atomic E-state index is -0.165. The second-order valence-electron chi connectivity index (χ2n) is 5.18. The molecular formula is C15H23FN2. The normalized spacial score (nSPS) is 17.1. The molecule has 0 bridgehead atoms. The molecule has 1 N–H and O–H groups in total. The van der Waals surface area contributed by atoms with Crippen molar-refractivity contribution in [1.82, 2.24) is 10.2 Å². The van der Waals surface area contributed by atoms with Gasteiger partial charge in [-0.25, -0.2) is 4.39 Å². The quantitative estimate of drug-likeness (QED) is 0.800. The molecule has 1 aliphatic rings. The fraction of sp³-hybridized carbons (Fsp3) is 0.600. The number of halogens is 1. The van der Waals surface area contributed by atoms with Crippen LogP contribution in [0.5, 0.6) is 0 Å². The van der Waals surface area contributed by atoms with Crippen molar-refractivity contribution in [3.63, 3.8) is 0 Å². The summed E-state index contributed by atoms with van der Waals surface area (Å²) in [6, 6.07) is 7.98. The highest BCUT2D eigenvalue weighted by Crippen LogP contribution is 2.24. The molecule has 1 atom stereocenters. The smallest absolute Gasteiger partial charge is 0.123 e. The van der Waals surface area contributed by atoms with Crippen LogP contribution in [0.15, 0.2) is 24.3 Å². The summed E-state index contributed by atoms with van der Waals surface area (Å²) in [6.07, 6.45) is 3.73. The van der Waals surface area contributed by atoms with Gasteiger partial charge in [-0.1, -0.05) is 19.1 Å². The third kappa shape index (κ3) is 3.79. The van der Waals surface area contributed by atoms with Crippen LogP contribution in [0.4, 0.5) is 4.39 Å². The molecule has 2 rings (SSSR count). The summed E-state index contributed by atoms with van der Waals surface area (Å²) in [5.41, 5.74) is 1.17. The van der Waals surface area contributed by atoms with E-state index in [4.69, 9.17) is 0 Å². The Hall–Kier alpha value is -0.930. The third-order valence-electron chi connectivity index (χ3n) is 3.71. The van der Waals surface area contributed by atoms with Crippen LogP contribution in [-0.2, 0) is 0 Å². The van der Waals surface area contributed by atoms with E-state index in [0.717, 1.165) is 25.6 Å². The second kappa shape index (κ2) is 6.30. The van der Waals surface area contributed by atoms with Gasteiger partial charge < -0.3 is 10.2 Å². The second-order valence-corrected chi connectivity index (χ2v) is 5.18. The van der Waals surface area contributed by atoms with Crippen molar-refractivity contribution >= 4 is 0 Å². The fourth-order valence-corrected chi connectivity index (χ4v) is 2.31. The maximum absolute atomic E-state index is 12.9. The Kier molecular flexibility index (Phi) is 4.72.